The molecule has 92 valence electrons. The first-order valence-corrected chi connectivity index (χ1v) is 5.72. The Labute approximate surface area is 96.6 Å². The van der Waals surface area contributed by atoms with Crippen molar-refractivity contribution >= 4 is 5.97 Å². The Morgan fingerprint density at radius 2 is 2.00 bits per heavy atom. The molecule has 0 bridgehead atoms. The number of hydrogen-bond acceptors (Lipinski definition) is 3. The standard InChI is InChI=1S/C12H21NO3/c1-10(7-11(14)15)8-13(2)9-12(16)5-3-4-6-12/h7,16H,3-6,8-9H2,1-2H3,(H,14,15). The van der Waals surface area contributed by atoms with Gasteiger partial charge < -0.3 is 10.2 Å². The Balaban J connectivity index is 2.41. The van der Waals surface area contributed by atoms with E-state index in [0.29, 0.717) is 13.1 Å². The Morgan fingerprint density at radius 3 is 2.50 bits per heavy atom. The average Bonchev–Trinajstić information content (AvgIpc) is 2.48. The van der Waals surface area contributed by atoms with Crippen molar-refractivity contribution in [2.24, 2.45) is 0 Å². The quantitative estimate of drug-likeness (QED) is 0.694. The maximum Gasteiger partial charge on any atom is 0.328 e. The van der Waals surface area contributed by atoms with Crippen LogP contribution in [0.5, 0.6) is 0 Å². The molecule has 1 aliphatic rings. The van der Waals surface area contributed by atoms with Crippen molar-refractivity contribution in [1.82, 2.24) is 4.90 Å². The van der Waals surface area contributed by atoms with Crippen LogP contribution in [-0.2, 0) is 4.79 Å². The van der Waals surface area contributed by atoms with Gasteiger partial charge in [-0.05, 0) is 26.8 Å². The highest BCUT2D eigenvalue weighted by atomic mass is 16.4. The van der Waals surface area contributed by atoms with Crippen LogP contribution in [0.2, 0.25) is 0 Å². The lowest BCUT2D eigenvalue weighted by atomic mass is 10.0. The lowest BCUT2D eigenvalue weighted by Gasteiger charge is -2.28. The Morgan fingerprint density at radius 1 is 1.44 bits per heavy atom. The van der Waals surface area contributed by atoms with E-state index < -0.39 is 11.6 Å². The molecule has 0 aromatic rings. The lowest BCUT2D eigenvalue weighted by Crippen LogP contribution is -2.39. The number of aliphatic hydroxyl groups is 1. The van der Waals surface area contributed by atoms with Gasteiger partial charge in [0.15, 0.2) is 0 Å². The van der Waals surface area contributed by atoms with E-state index in [4.69, 9.17) is 5.11 Å². The third kappa shape index (κ3) is 4.33. The van der Waals surface area contributed by atoms with Gasteiger partial charge in [0.2, 0.25) is 0 Å². The van der Waals surface area contributed by atoms with Crippen molar-refractivity contribution in [1.29, 1.82) is 0 Å². The third-order valence-electron chi connectivity index (χ3n) is 2.99. The Bertz CT molecular complexity index is 280. The second-order valence-corrected chi connectivity index (χ2v) is 4.93. The van der Waals surface area contributed by atoms with Crippen LogP contribution in [0.3, 0.4) is 0 Å². The summed E-state index contributed by atoms with van der Waals surface area (Å²) in [4.78, 5) is 12.4. The minimum atomic E-state index is -0.912. The first kappa shape index (κ1) is 13.2. The molecule has 1 aliphatic carbocycles. The fraction of sp³-hybridized carbons (Fsp3) is 0.750. The van der Waals surface area contributed by atoms with Gasteiger partial charge in [-0.25, -0.2) is 4.79 Å². The molecule has 1 saturated carbocycles. The predicted octanol–water partition coefficient (Wildman–Crippen LogP) is 1.25. The molecular weight excluding hydrogens is 206 g/mol. The van der Waals surface area contributed by atoms with Crippen LogP contribution in [0.4, 0.5) is 0 Å². The van der Waals surface area contributed by atoms with Gasteiger partial charge in [-0.15, -0.1) is 0 Å². The molecule has 1 rings (SSSR count). The summed E-state index contributed by atoms with van der Waals surface area (Å²) in [6.07, 6.45) is 5.12. The smallest absolute Gasteiger partial charge is 0.328 e. The number of nitrogens with zero attached hydrogens (tertiary/aromatic N) is 1. The summed E-state index contributed by atoms with van der Waals surface area (Å²) in [6, 6.07) is 0. The number of hydrogen-bond donors (Lipinski definition) is 2. The van der Waals surface area contributed by atoms with E-state index in [1.54, 1.807) is 6.92 Å². The number of rotatable bonds is 5. The summed E-state index contributed by atoms with van der Waals surface area (Å²) in [5, 5.41) is 18.8. The largest absolute Gasteiger partial charge is 0.478 e. The molecule has 0 amide bonds. The maximum atomic E-state index is 10.5. The van der Waals surface area contributed by atoms with Crippen LogP contribution in [0.15, 0.2) is 11.6 Å². The number of carbonyl (C=O) groups is 1. The molecule has 0 radical (unpaired) electrons. The molecule has 0 heterocycles. The molecule has 1 fully saturated rings. The van der Waals surface area contributed by atoms with E-state index in [9.17, 15) is 9.90 Å². The van der Waals surface area contributed by atoms with Gasteiger partial charge in [0.05, 0.1) is 5.60 Å². The van der Waals surface area contributed by atoms with Crippen molar-refractivity contribution in [3.8, 4) is 0 Å². The highest BCUT2D eigenvalue weighted by Crippen LogP contribution is 2.29. The van der Waals surface area contributed by atoms with E-state index in [0.717, 1.165) is 31.3 Å². The van der Waals surface area contributed by atoms with E-state index in [2.05, 4.69) is 0 Å². The molecule has 2 N–H and O–H groups in total. The molecule has 0 spiro atoms. The summed E-state index contributed by atoms with van der Waals surface area (Å²) in [7, 11) is 1.91. The van der Waals surface area contributed by atoms with Gasteiger partial charge in [0, 0.05) is 19.2 Å². The molecule has 4 heteroatoms. The van der Waals surface area contributed by atoms with Crippen molar-refractivity contribution in [3.05, 3.63) is 11.6 Å². The van der Waals surface area contributed by atoms with Crippen LogP contribution in [0.1, 0.15) is 32.6 Å². The maximum absolute atomic E-state index is 10.5. The molecule has 0 aromatic heterocycles. The fourth-order valence-electron chi connectivity index (χ4n) is 2.43. The van der Waals surface area contributed by atoms with E-state index in [1.807, 2.05) is 11.9 Å². The minimum absolute atomic E-state index is 0.557. The minimum Gasteiger partial charge on any atom is -0.478 e. The third-order valence-corrected chi connectivity index (χ3v) is 2.99. The van der Waals surface area contributed by atoms with Crippen molar-refractivity contribution < 1.29 is 15.0 Å². The first-order valence-electron chi connectivity index (χ1n) is 5.72. The molecule has 0 aliphatic heterocycles. The highest BCUT2D eigenvalue weighted by molar-refractivity contribution is 5.80. The van der Waals surface area contributed by atoms with Gasteiger partial charge in [-0.2, -0.15) is 0 Å². The summed E-state index contributed by atoms with van der Waals surface area (Å²) in [5.41, 5.74) is 0.245. The summed E-state index contributed by atoms with van der Waals surface area (Å²) < 4.78 is 0. The lowest BCUT2D eigenvalue weighted by molar-refractivity contribution is -0.131. The summed E-state index contributed by atoms with van der Waals surface area (Å²) in [6.45, 7) is 3.01. The topological polar surface area (TPSA) is 60.8 Å². The fourth-order valence-corrected chi connectivity index (χ4v) is 2.43. The van der Waals surface area contributed by atoms with Crippen molar-refractivity contribution in [3.63, 3.8) is 0 Å². The van der Waals surface area contributed by atoms with Crippen molar-refractivity contribution in [2.45, 2.75) is 38.2 Å². The number of carboxylic acids is 1. The van der Waals surface area contributed by atoms with Crippen LogP contribution in [-0.4, -0.2) is 46.8 Å². The molecule has 16 heavy (non-hydrogen) atoms. The zero-order chi connectivity index (χ0) is 12.2. The molecular formula is C12H21NO3. The molecule has 0 aromatic carbocycles. The van der Waals surface area contributed by atoms with Gasteiger partial charge in [0.25, 0.3) is 0 Å². The predicted molar refractivity (Wildman–Crippen MR) is 62.3 cm³/mol. The summed E-state index contributed by atoms with van der Waals surface area (Å²) >= 11 is 0. The van der Waals surface area contributed by atoms with Crippen LogP contribution in [0, 0.1) is 0 Å². The normalized spacial score (nSPS) is 20.4. The molecule has 0 atom stereocenters. The van der Waals surface area contributed by atoms with Crippen LogP contribution < -0.4 is 0 Å². The highest BCUT2D eigenvalue weighted by Gasteiger charge is 2.31. The van der Waals surface area contributed by atoms with E-state index in [1.165, 1.54) is 6.08 Å². The monoisotopic (exact) mass is 227 g/mol. The summed E-state index contributed by atoms with van der Waals surface area (Å²) in [5.74, 6) is -0.912. The second-order valence-electron chi connectivity index (χ2n) is 4.93. The van der Waals surface area contributed by atoms with Gasteiger partial charge >= 0.3 is 5.97 Å². The molecule has 4 nitrogen and oxygen atoms in total. The van der Waals surface area contributed by atoms with Gasteiger partial charge in [-0.1, -0.05) is 18.4 Å². The SMILES string of the molecule is CC(=CC(=O)O)CN(C)CC1(O)CCCC1. The van der Waals surface area contributed by atoms with E-state index >= 15 is 0 Å². The van der Waals surface area contributed by atoms with E-state index in [-0.39, 0.29) is 0 Å². The number of likely N-dealkylation sites (N-methyl/N-ethyl adjacent to an activating group) is 1. The number of carboxylic acid groups (broad SMARTS) is 1. The molecule has 0 saturated heterocycles. The average molecular weight is 227 g/mol. The molecule has 0 unspecified atom stereocenters. The number of aliphatic carboxylic acids is 1. The first-order chi connectivity index (χ1) is 7.41. The second kappa shape index (κ2) is 5.46. The Hall–Kier alpha value is -0.870. The van der Waals surface area contributed by atoms with Crippen LogP contribution in [0.25, 0.3) is 0 Å². The Kier molecular flexibility index (Phi) is 4.50. The van der Waals surface area contributed by atoms with Gasteiger partial charge in [-0.3, -0.25) is 4.90 Å². The zero-order valence-corrected chi connectivity index (χ0v) is 10.1. The van der Waals surface area contributed by atoms with Crippen molar-refractivity contribution in [2.75, 3.05) is 20.1 Å². The van der Waals surface area contributed by atoms with Crippen LogP contribution >= 0.6 is 0 Å². The van der Waals surface area contributed by atoms with Gasteiger partial charge in [0.1, 0.15) is 0 Å². The zero-order valence-electron chi connectivity index (χ0n) is 10.1.